The summed E-state index contributed by atoms with van der Waals surface area (Å²) in [5.74, 6) is 0. The fraction of sp³-hybridized carbons (Fsp3) is 0.222. The molecule has 0 amide bonds. The van der Waals surface area contributed by atoms with Gasteiger partial charge in [0.1, 0.15) is 0 Å². The first-order valence-corrected chi connectivity index (χ1v) is 12.8. The number of hydrazone groups is 1. The normalized spacial score (nSPS) is 23.2. The molecule has 0 aliphatic carbocycles. The van der Waals surface area contributed by atoms with Crippen molar-refractivity contribution in [3.8, 4) is 0 Å². The molecule has 0 saturated carbocycles. The molecular formula is C27H29N4OP. The zero-order valence-electron chi connectivity index (χ0n) is 19.7. The maximum atomic E-state index is 15.0. The number of hydrogen-bond acceptors (Lipinski definition) is 3. The standard InChI is InChI=1S/C27H29N4OP/c1-19-15-16-21(17-20(19)2)29-33(32)25(18-28-31(33)22-11-7-6-8-12-22)26-27(3,4)23-13-9-10-14-24(23)30(26)5/h6-18H,1-5H3,(H,29,32). The Hall–Kier alpha value is -3.30. The molecule has 0 radical (unpaired) electrons. The lowest BCUT2D eigenvalue weighted by Gasteiger charge is -2.31. The Morgan fingerprint density at radius 2 is 1.61 bits per heavy atom. The number of allylic oxidation sites excluding steroid dienone is 2. The number of anilines is 3. The monoisotopic (exact) mass is 456 g/mol. The van der Waals surface area contributed by atoms with Crippen molar-refractivity contribution < 1.29 is 4.57 Å². The molecule has 0 bridgehead atoms. The number of rotatable bonds is 3. The minimum atomic E-state index is -3.36. The Balaban J connectivity index is 1.71. The Morgan fingerprint density at radius 3 is 2.30 bits per heavy atom. The van der Waals surface area contributed by atoms with E-state index in [1.165, 1.54) is 11.1 Å². The summed E-state index contributed by atoms with van der Waals surface area (Å²) >= 11 is 0. The van der Waals surface area contributed by atoms with E-state index in [1.54, 1.807) is 11.0 Å². The molecule has 5 nitrogen and oxygen atoms in total. The predicted molar refractivity (Wildman–Crippen MR) is 139 cm³/mol. The van der Waals surface area contributed by atoms with Gasteiger partial charge in [0.15, 0.2) is 0 Å². The number of hydrogen-bond donors (Lipinski definition) is 1. The molecule has 2 heterocycles. The average molecular weight is 457 g/mol. The molecule has 1 unspecified atom stereocenters. The molecule has 0 fully saturated rings. The second kappa shape index (κ2) is 7.64. The SMILES string of the molecule is Cc1ccc(NP2(=O)C(=C3N(C)c4ccccc4C3(C)C)C=NN2c2ccccc2)cc1C. The second-order valence-electron chi connectivity index (χ2n) is 9.29. The first-order chi connectivity index (χ1) is 15.7. The maximum Gasteiger partial charge on any atom is 0.313 e. The zero-order chi connectivity index (χ0) is 23.4. The number of fused-ring (bicyclic) bond motifs is 1. The lowest BCUT2D eigenvalue weighted by atomic mass is 9.84. The molecular weight excluding hydrogens is 427 g/mol. The molecule has 0 spiro atoms. The zero-order valence-corrected chi connectivity index (χ0v) is 20.6. The van der Waals surface area contributed by atoms with Crippen LogP contribution in [-0.4, -0.2) is 13.3 Å². The largest absolute Gasteiger partial charge is 0.346 e. The fourth-order valence-electron chi connectivity index (χ4n) is 4.91. The number of nitrogens with one attached hydrogen (secondary N) is 1. The lowest BCUT2D eigenvalue weighted by molar-refractivity contribution is 0.579. The first kappa shape index (κ1) is 21.5. The number of para-hydroxylation sites is 2. The van der Waals surface area contributed by atoms with Crippen LogP contribution in [0.1, 0.15) is 30.5 Å². The summed E-state index contributed by atoms with van der Waals surface area (Å²) in [6, 6.07) is 24.2. The summed E-state index contributed by atoms with van der Waals surface area (Å²) in [6.07, 6.45) is 1.78. The van der Waals surface area contributed by atoms with Crippen LogP contribution < -0.4 is 14.8 Å². The molecule has 2 aliphatic heterocycles. The highest BCUT2D eigenvalue weighted by Crippen LogP contribution is 2.64. The van der Waals surface area contributed by atoms with Gasteiger partial charge in [-0.3, -0.25) is 4.57 Å². The van der Waals surface area contributed by atoms with Crippen LogP contribution in [0.4, 0.5) is 17.1 Å². The van der Waals surface area contributed by atoms with Crippen molar-refractivity contribution in [1.82, 2.24) is 0 Å². The Bertz CT molecular complexity index is 1340. The van der Waals surface area contributed by atoms with E-state index in [-0.39, 0.29) is 5.41 Å². The van der Waals surface area contributed by atoms with Gasteiger partial charge in [0.25, 0.3) is 0 Å². The number of nitrogens with zero attached hydrogens (tertiary/aromatic N) is 3. The minimum Gasteiger partial charge on any atom is -0.346 e. The van der Waals surface area contributed by atoms with Crippen molar-refractivity contribution in [3.05, 3.63) is 100 Å². The smallest absolute Gasteiger partial charge is 0.313 e. The third kappa shape index (κ3) is 3.30. The van der Waals surface area contributed by atoms with Crippen molar-refractivity contribution in [1.29, 1.82) is 0 Å². The van der Waals surface area contributed by atoms with E-state index in [9.17, 15) is 0 Å². The molecule has 1 N–H and O–H groups in total. The summed E-state index contributed by atoms with van der Waals surface area (Å²) in [4.78, 5) is 2.17. The van der Waals surface area contributed by atoms with Crippen LogP contribution in [0.5, 0.6) is 0 Å². The number of benzene rings is 3. The van der Waals surface area contributed by atoms with E-state index in [0.29, 0.717) is 0 Å². The number of likely N-dealkylation sites (N-methyl/N-ethyl adjacent to an activating group) is 1. The van der Waals surface area contributed by atoms with Gasteiger partial charge < -0.3 is 9.99 Å². The maximum absolute atomic E-state index is 15.0. The minimum absolute atomic E-state index is 0.320. The van der Waals surface area contributed by atoms with Crippen LogP contribution in [-0.2, 0) is 9.98 Å². The summed E-state index contributed by atoms with van der Waals surface area (Å²) in [7, 11) is -1.31. The molecule has 168 valence electrons. The molecule has 3 aromatic rings. The first-order valence-electron chi connectivity index (χ1n) is 11.2. The molecule has 33 heavy (non-hydrogen) atoms. The van der Waals surface area contributed by atoms with Crippen LogP contribution in [0.15, 0.2) is 88.9 Å². The van der Waals surface area contributed by atoms with E-state index in [0.717, 1.165) is 33.6 Å². The third-order valence-electron chi connectivity index (χ3n) is 6.77. The fourth-order valence-corrected chi connectivity index (χ4v) is 7.39. The highest BCUT2D eigenvalue weighted by molar-refractivity contribution is 7.72. The quantitative estimate of drug-likeness (QED) is 0.429. The van der Waals surface area contributed by atoms with E-state index < -0.39 is 7.44 Å². The molecule has 2 aliphatic rings. The molecule has 3 aromatic carbocycles. The average Bonchev–Trinajstić information content (AvgIpc) is 3.22. The summed E-state index contributed by atoms with van der Waals surface area (Å²) in [5.41, 5.74) is 7.01. The van der Waals surface area contributed by atoms with Gasteiger partial charge in [-0.1, -0.05) is 56.3 Å². The topological polar surface area (TPSA) is 47.9 Å². The summed E-state index contributed by atoms with van der Waals surface area (Å²) in [5, 5.41) is 8.83. The van der Waals surface area contributed by atoms with Crippen LogP contribution in [0.3, 0.4) is 0 Å². The summed E-state index contributed by atoms with van der Waals surface area (Å²) in [6.45, 7) is 8.53. The molecule has 6 heteroatoms. The van der Waals surface area contributed by atoms with Crippen LogP contribution in [0.25, 0.3) is 0 Å². The molecule has 0 saturated heterocycles. The highest BCUT2D eigenvalue weighted by Gasteiger charge is 2.48. The summed E-state index contributed by atoms with van der Waals surface area (Å²) < 4.78 is 16.7. The van der Waals surface area contributed by atoms with Gasteiger partial charge in [-0.05, 0) is 60.9 Å². The molecule has 5 rings (SSSR count). The van der Waals surface area contributed by atoms with Gasteiger partial charge in [0, 0.05) is 29.5 Å². The van der Waals surface area contributed by atoms with Crippen LogP contribution in [0, 0.1) is 13.8 Å². The molecule has 0 aromatic heterocycles. The third-order valence-corrected chi connectivity index (χ3v) is 9.18. The number of aryl methyl sites for hydroxylation is 2. The van der Waals surface area contributed by atoms with Crippen molar-refractivity contribution in [2.75, 3.05) is 21.8 Å². The van der Waals surface area contributed by atoms with Crippen molar-refractivity contribution in [2.24, 2.45) is 5.10 Å². The van der Waals surface area contributed by atoms with Gasteiger partial charge >= 0.3 is 7.44 Å². The molecule has 1 atom stereocenters. The Morgan fingerprint density at radius 1 is 0.909 bits per heavy atom. The Labute approximate surface area is 195 Å². The van der Waals surface area contributed by atoms with Crippen LogP contribution >= 0.6 is 7.44 Å². The van der Waals surface area contributed by atoms with E-state index in [4.69, 9.17) is 0 Å². The van der Waals surface area contributed by atoms with Crippen LogP contribution in [0.2, 0.25) is 0 Å². The van der Waals surface area contributed by atoms with E-state index in [1.807, 2.05) is 42.5 Å². The van der Waals surface area contributed by atoms with Gasteiger partial charge in [-0.15, -0.1) is 0 Å². The van der Waals surface area contributed by atoms with Crippen molar-refractivity contribution >= 4 is 30.7 Å². The van der Waals surface area contributed by atoms with E-state index >= 15 is 4.57 Å². The predicted octanol–water partition coefficient (Wildman–Crippen LogP) is 7.05. The van der Waals surface area contributed by atoms with Crippen molar-refractivity contribution in [2.45, 2.75) is 33.1 Å². The van der Waals surface area contributed by atoms with Gasteiger partial charge in [-0.25, -0.2) is 0 Å². The highest BCUT2D eigenvalue weighted by atomic mass is 31.2. The van der Waals surface area contributed by atoms with Crippen molar-refractivity contribution in [3.63, 3.8) is 0 Å². The Kier molecular flexibility index (Phi) is 4.98. The lowest BCUT2D eigenvalue weighted by Crippen LogP contribution is -2.26. The van der Waals surface area contributed by atoms with Gasteiger partial charge in [-0.2, -0.15) is 9.88 Å². The van der Waals surface area contributed by atoms with Gasteiger partial charge in [0.2, 0.25) is 0 Å². The van der Waals surface area contributed by atoms with E-state index in [2.05, 4.69) is 80.2 Å². The van der Waals surface area contributed by atoms with Gasteiger partial charge in [0.05, 0.1) is 17.2 Å². The second-order valence-corrected chi connectivity index (χ2v) is 11.5.